The number of aromatic amines is 1. The minimum atomic E-state index is -5.89. The van der Waals surface area contributed by atoms with Crippen molar-refractivity contribution in [3.63, 3.8) is 0 Å². The Morgan fingerprint density at radius 3 is 2.65 bits per heavy atom. The molecule has 0 atom stereocenters. The van der Waals surface area contributed by atoms with Gasteiger partial charge in [-0.05, 0) is 6.07 Å². The number of rotatable bonds is 3. The third-order valence-corrected chi connectivity index (χ3v) is 4.63. The number of aromatic nitrogens is 2. The van der Waals surface area contributed by atoms with E-state index < -0.39 is 26.9 Å². The highest BCUT2D eigenvalue weighted by Crippen LogP contribution is 2.37. The third kappa shape index (κ3) is 2.82. The molecule has 0 bridgehead atoms. The van der Waals surface area contributed by atoms with Gasteiger partial charge in [0.1, 0.15) is 11.1 Å². The number of H-pyrrole nitrogens is 1. The van der Waals surface area contributed by atoms with Gasteiger partial charge in [-0.15, -0.1) is 11.3 Å². The SMILES string of the molecule is O=c1cc(OS(=O)(=O)C(F)(F)F)c2cc(-c3ncco3)sc2[nH]1. The molecule has 1 N–H and O–H groups in total. The van der Waals surface area contributed by atoms with E-state index in [2.05, 4.69) is 14.2 Å². The van der Waals surface area contributed by atoms with Gasteiger partial charge in [0.05, 0.1) is 16.5 Å². The first kappa shape index (κ1) is 15.6. The lowest BCUT2D eigenvalue weighted by Gasteiger charge is -2.09. The largest absolute Gasteiger partial charge is 0.534 e. The van der Waals surface area contributed by atoms with Gasteiger partial charge in [0, 0.05) is 6.07 Å². The summed E-state index contributed by atoms with van der Waals surface area (Å²) in [5, 5.41) is -0.0179. The van der Waals surface area contributed by atoms with Gasteiger partial charge in [-0.3, -0.25) is 4.79 Å². The summed E-state index contributed by atoms with van der Waals surface area (Å²) in [6.45, 7) is 0. The van der Waals surface area contributed by atoms with Crippen LogP contribution in [0.5, 0.6) is 5.75 Å². The molecule has 0 saturated carbocycles. The van der Waals surface area contributed by atoms with Crippen LogP contribution < -0.4 is 9.74 Å². The molecule has 0 spiro atoms. The van der Waals surface area contributed by atoms with Gasteiger partial charge in [0.25, 0.3) is 5.56 Å². The summed E-state index contributed by atoms with van der Waals surface area (Å²) in [7, 11) is -5.89. The van der Waals surface area contributed by atoms with Gasteiger partial charge >= 0.3 is 15.6 Å². The minimum absolute atomic E-state index is 0.0179. The molecule has 0 aliphatic carbocycles. The number of pyridine rings is 1. The molecule has 0 fully saturated rings. The number of nitrogens with zero attached hydrogens (tertiary/aromatic N) is 1. The molecule has 122 valence electrons. The van der Waals surface area contributed by atoms with Gasteiger partial charge in [0.2, 0.25) is 5.89 Å². The van der Waals surface area contributed by atoms with Crippen LogP contribution in [-0.4, -0.2) is 23.9 Å². The van der Waals surface area contributed by atoms with Crippen molar-refractivity contribution >= 4 is 31.7 Å². The Morgan fingerprint density at radius 2 is 2.04 bits per heavy atom. The molecule has 0 radical (unpaired) electrons. The van der Waals surface area contributed by atoms with Crippen LogP contribution in [0.15, 0.2) is 33.8 Å². The number of hydrogen-bond acceptors (Lipinski definition) is 7. The lowest BCUT2D eigenvalue weighted by Crippen LogP contribution is -2.28. The number of thiophene rings is 1. The molecule has 0 amide bonds. The quantitative estimate of drug-likeness (QED) is 0.564. The van der Waals surface area contributed by atoms with Gasteiger partial charge in [0.15, 0.2) is 5.75 Å². The highest BCUT2D eigenvalue weighted by Gasteiger charge is 2.48. The Kier molecular flexibility index (Phi) is 3.44. The number of nitrogens with one attached hydrogen (secondary N) is 1. The average Bonchev–Trinajstić information content (AvgIpc) is 3.04. The lowest BCUT2D eigenvalue weighted by atomic mass is 10.3. The van der Waals surface area contributed by atoms with E-state index in [4.69, 9.17) is 4.42 Å². The molecular weight excluding hydrogens is 361 g/mol. The molecule has 23 heavy (non-hydrogen) atoms. The van der Waals surface area contributed by atoms with Crippen LogP contribution in [0.1, 0.15) is 0 Å². The summed E-state index contributed by atoms with van der Waals surface area (Å²) in [5.74, 6) is -0.563. The van der Waals surface area contributed by atoms with Crippen molar-refractivity contribution in [3.8, 4) is 16.5 Å². The van der Waals surface area contributed by atoms with Crippen LogP contribution in [0, 0.1) is 0 Å². The average molecular weight is 366 g/mol. The maximum atomic E-state index is 12.4. The fourth-order valence-electron chi connectivity index (χ4n) is 1.70. The molecular formula is C11H5F3N2O5S2. The van der Waals surface area contributed by atoms with Crippen LogP contribution in [0.25, 0.3) is 21.0 Å². The summed E-state index contributed by atoms with van der Waals surface area (Å²) < 4.78 is 68.6. The van der Waals surface area contributed by atoms with E-state index in [-0.39, 0.29) is 16.1 Å². The highest BCUT2D eigenvalue weighted by atomic mass is 32.2. The maximum Gasteiger partial charge on any atom is 0.534 e. The van der Waals surface area contributed by atoms with Crippen molar-refractivity contribution in [2.45, 2.75) is 5.51 Å². The van der Waals surface area contributed by atoms with Crippen LogP contribution >= 0.6 is 11.3 Å². The first-order valence-electron chi connectivity index (χ1n) is 5.75. The van der Waals surface area contributed by atoms with Crippen molar-refractivity contribution in [1.82, 2.24) is 9.97 Å². The fraction of sp³-hybridized carbons (Fsp3) is 0.0909. The summed E-state index contributed by atoms with van der Waals surface area (Å²) >= 11 is 0.949. The first-order valence-corrected chi connectivity index (χ1v) is 7.97. The smallest absolute Gasteiger partial charge is 0.444 e. The Morgan fingerprint density at radius 1 is 1.30 bits per heavy atom. The standard InChI is InChI=1S/C11H5F3N2O5S2/c12-11(13,14)23(18,19)21-6-4-8(17)16-10-5(6)3-7(22-10)9-15-1-2-20-9/h1-4H,(H,16,17). The summed E-state index contributed by atoms with van der Waals surface area (Å²) in [4.78, 5) is 18.2. The third-order valence-electron chi connectivity index (χ3n) is 2.62. The van der Waals surface area contributed by atoms with Crippen molar-refractivity contribution < 1.29 is 30.2 Å². The second-order valence-corrected chi connectivity index (χ2v) is 6.76. The molecule has 0 aliphatic heterocycles. The summed E-state index contributed by atoms with van der Waals surface area (Å²) in [6.07, 6.45) is 2.64. The van der Waals surface area contributed by atoms with Gasteiger partial charge in [-0.25, -0.2) is 4.98 Å². The van der Waals surface area contributed by atoms with E-state index in [0.29, 0.717) is 10.9 Å². The van der Waals surface area contributed by atoms with Crippen molar-refractivity contribution in [2.24, 2.45) is 0 Å². The van der Waals surface area contributed by atoms with Gasteiger partial charge in [-0.1, -0.05) is 0 Å². The molecule has 0 unspecified atom stereocenters. The van der Waals surface area contributed by atoms with Crippen LogP contribution in [0.4, 0.5) is 13.2 Å². The van der Waals surface area contributed by atoms with E-state index in [1.54, 1.807) is 0 Å². The number of hydrogen-bond donors (Lipinski definition) is 1. The van der Waals surface area contributed by atoms with E-state index in [9.17, 15) is 26.4 Å². The molecule has 0 aromatic carbocycles. The molecule has 0 saturated heterocycles. The summed E-state index contributed by atoms with van der Waals surface area (Å²) in [5.41, 5.74) is -6.42. The number of alkyl halides is 3. The number of oxazole rings is 1. The molecule has 3 rings (SSSR count). The van der Waals surface area contributed by atoms with Crippen LogP contribution in [0.2, 0.25) is 0 Å². The Hall–Kier alpha value is -2.34. The molecule has 3 heterocycles. The molecule has 12 heteroatoms. The van der Waals surface area contributed by atoms with Gasteiger partial charge < -0.3 is 13.6 Å². The normalized spacial score (nSPS) is 12.7. The van der Waals surface area contributed by atoms with E-state index in [1.165, 1.54) is 18.5 Å². The molecule has 3 aromatic heterocycles. The van der Waals surface area contributed by atoms with E-state index in [1.807, 2.05) is 0 Å². The first-order chi connectivity index (χ1) is 10.7. The van der Waals surface area contributed by atoms with Crippen molar-refractivity contribution in [1.29, 1.82) is 0 Å². The Bertz CT molecular complexity index is 1020. The minimum Gasteiger partial charge on any atom is -0.444 e. The second-order valence-electron chi connectivity index (χ2n) is 4.17. The summed E-state index contributed by atoms with van der Waals surface area (Å²) in [6, 6.07) is 1.93. The zero-order valence-electron chi connectivity index (χ0n) is 10.7. The number of fused-ring (bicyclic) bond motifs is 1. The molecule has 0 aliphatic rings. The number of halogens is 3. The zero-order chi connectivity index (χ0) is 16.8. The van der Waals surface area contributed by atoms with Crippen molar-refractivity contribution in [2.75, 3.05) is 0 Å². The van der Waals surface area contributed by atoms with Crippen LogP contribution in [0.3, 0.4) is 0 Å². The zero-order valence-corrected chi connectivity index (χ0v) is 12.4. The highest BCUT2D eigenvalue weighted by molar-refractivity contribution is 7.88. The van der Waals surface area contributed by atoms with E-state index >= 15 is 0 Å². The predicted octanol–water partition coefficient (Wildman–Crippen LogP) is 2.47. The van der Waals surface area contributed by atoms with Crippen molar-refractivity contribution in [3.05, 3.63) is 34.9 Å². The predicted molar refractivity (Wildman–Crippen MR) is 73.5 cm³/mol. The van der Waals surface area contributed by atoms with Gasteiger partial charge in [-0.2, -0.15) is 21.6 Å². The Labute approximate surface area is 129 Å². The monoisotopic (exact) mass is 366 g/mol. The second kappa shape index (κ2) is 5.09. The topological polar surface area (TPSA) is 102 Å². The van der Waals surface area contributed by atoms with Crippen LogP contribution in [-0.2, 0) is 10.1 Å². The van der Waals surface area contributed by atoms with E-state index in [0.717, 1.165) is 11.3 Å². The maximum absolute atomic E-state index is 12.4. The molecule has 3 aromatic rings. The fourth-order valence-corrected chi connectivity index (χ4v) is 3.17. The molecule has 7 nitrogen and oxygen atoms in total. The lowest BCUT2D eigenvalue weighted by molar-refractivity contribution is -0.0499. The Balaban J connectivity index is 2.16.